The van der Waals surface area contributed by atoms with Crippen molar-refractivity contribution in [2.45, 2.75) is 77.0 Å². The van der Waals surface area contributed by atoms with Crippen LogP contribution in [0.25, 0.3) is 0 Å². The Kier molecular flexibility index (Phi) is 6.26. The van der Waals surface area contributed by atoms with Crippen molar-refractivity contribution in [2.24, 2.45) is 0 Å². The van der Waals surface area contributed by atoms with Crippen LogP contribution in [0.4, 0.5) is 4.39 Å². The number of nitrogens with zero attached hydrogens (tertiary/aromatic N) is 2. The number of halogens is 1. The number of amides is 3. The number of thiazole rings is 1. The number of hydrogen-bond donors (Lipinski definition) is 2. The normalized spacial score (nSPS) is 22.0. The number of nitrogens with one attached hydrogen (secondary N) is 2. The molecule has 1 saturated heterocycles. The third kappa shape index (κ3) is 4.64. The van der Waals surface area contributed by atoms with Crippen molar-refractivity contribution in [3.8, 4) is 0 Å². The minimum absolute atomic E-state index is 0.132. The maximum absolute atomic E-state index is 14.9. The van der Waals surface area contributed by atoms with Gasteiger partial charge in [-0.2, -0.15) is 0 Å². The van der Waals surface area contributed by atoms with Crippen LogP contribution >= 0.6 is 11.3 Å². The van der Waals surface area contributed by atoms with E-state index in [1.807, 2.05) is 25.7 Å². The molecule has 3 atom stereocenters. The number of carbonyl (C=O) groups excluding carboxylic acids is 3. The molecule has 0 bridgehead atoms. The fourth-order valence-electron chi connectivity index (χ4n) is 4.45. The molecule has 1 saturated carbocycles. The van der Waals surface area contributed by atoms with Crippen LogP contribution in [0.1, 0.15) is 83.1 Å². The van der Waals surface area contributed by atoms with Crippen LogP contribution in [0.3, 0.4) is 0 Å². The molecule has 0 spiro atoms. The number of aryl methyl sites for hydroxylation is 1. The van der Waals surface area contributed by atoms with Crippen molar-refractivity contribution < 1.29 is 18.8 Å². The molecule has 33 heavy (non-hydrogen) atoms. The number of likely N-dealkylation sites (tertiary alicyclic amines) is 1. The molecule has 2 heterocycles. The zero-order chi connectivity index (χ0) is 23.9. The Morgan fingerprint density at radius 1 is 1.21 bits per heavy atom. The minimum atomic E-state index is -0.975. The van der Waals surface area contributed by atoms with Gasteiger partial charge in [-0.25, -0.2) is 9.37 Å². The molecule has 3 amide bonds. The van der Waals surface area contributed by atoms with Crippen molar-refractivity contribution >= 4 is 29.1 Å². The zero-order valence-electron chi connectivity index (χ0n) is 19.3. The molecular formula is C24H29FN4O3S. The number of aromatic nitrogens is 1. The lowest BCUT2D eigenvalue weighted by molar-refractivity contribution is -0.124. The summed E-state index contributed by atoms with van der Waals surface area (Å²) in [6.45, 7) is 7.51. The highest BCUT2D eigenvalue weighted by Crippen LogP contribution is 2.37. The lowest BCUT2D eigenvalue weighted by atomic mass is 10.0. The highest BCUT2D eigenvalue weighted by atomic mass is 32.1. The van der Waals surface area contributed by atoms with Crippen LogP contribution in [0, 0.1) is 12.7 Å². The van der Waals surface area contributed by atoms with Gasteiger partial charge in [-0.05, 0) is 65.5 Å². The number of benzene rings is 1. The molecule has 4 rings (SSSR count). The second-order valence-corrected chi connectivity index (χ2v) is 10.4. The predicted molar refractivity (Wildman–Crippen MR) is 124 cm³/mol. The summed E-state index contributed by atoms with van der Waals surface area (Å²) < 4.78 is 14.9. The van der Waals surface area contributed by atoms with Gasteiger partial charge in [0.05, 0.1) is 17.2 Å². The van der Waals surface area contributed by atoms with Crippen molar-refractivity contribution in [2.75, 3.05) is 0 Å². The summed E-state index contributed by atoms with van der Waals surface area (Å²) in [4.78, 5) is 44.6. The molecule has 1 aromatic heterocycles. The monoisotopic (exact) mass is 472 g/mol. The van der Waals surface area contributed by atoms with Gasteiger partial charge in [-0.1, -0.05) is 6.07 Å². The second-order valence-electron chi connectivity index (χ2n) is 9.20. The van der Waals surface area contributed by atoms with Crippen molar-refractivity contribution in [3.63, 3.8) is 0 Å². The largest absolute Gasteiger partial charge is 0.347 e. The first-order valence-corrected chi connectivity index (χ1v) is 12.1. The van der Waals surface area contributed by atoms with Crippen molar-refractivity contribution in [3.05, 3.63) is 51.2 Å². The van der Waals surface area contributed by atoms with E-state index in [4.69, 9.17) is 0 Å². The minimum Gasteiger partial charge on any atom is -0.347 e. The standard InChI is InChI=1S/C24H29FN4O3S/c1-13-5-6-14(2)29(13)22(31)17-7-8-18(19(25)11-17)15(3)27-23(32)24(9-10-24)28-21(30)20-12-26-16(4)33-20/h7-8,11-15H,5-6,9-10H2,1-4H3,(H,27,32)(H,28,30)/t13-,14+,15-/m1/s1. The molecule has 2 fully saturated rings. The van der Waals surface area contributed by atoms with Crippen LogP contribution in [0.2, 0.25) is 0 Å². The molecule has 2 aliphatic rings. The van der Waals surface area contributed by atoms with Crippen LogP contribution < -0.4 is 10.6 Å². The summed E-state index contributed by atoms with van der Waals surface area (Å²) in [7, 11) is 0. The van der Waals surface area contributed by atoms with Crippen LogP contribution in [0.15, 0.2) is 24.4 Å². The molecule has 2 aromatic rings. The molecule has 0 unspecified atom stereocenters. The predicted octanol–water partition coefficient (Wildman–Crippen LogP) is 3.74. The van der Waals surface area contributed by atoms with Gasteiger partial charge in [0.2, 0.25) is 5.91 Å². The highest BCUT2D eigenvalue weighted by molar-refractivity contribution is 7.13. The van der Waals surface area contributed by atoms with Gasteiger partial charge in [0.25, 0.3) is 11.8 Å². The van der Waals surface area contributed by atoms with E-state index in [-0.39, 0.29) is 29.8 Å². The van der Waals surface area contributed by atoms with Crippen LogP contribution in [0.5, 0.6) is 0 Å². The highest BCUT2D eigenvalue weighted by Gasteiger charge is 2.51. The Morgan fingerprint density at radius 2 is 1.88 bits per heavy atom. The molecule has 1 aromatic carbocycles. The Morgan fingerprint density at radius 3 is 2.42 bits per heavy atom. The summed E-state index contributed by atoms with van der Waals surface area (Å²) >= 11 is 1.27. The lowest BCUT2D eigenvalue weighted by Gasteiger charge is -2.26. The van der Waals surface area contributed by atoms with Gasteiger partial charge in [0.15, 0.2) is 0 Å². The number of hydrogen-bond acceptors (Lipinski definition) is 5. The van der Waals surface area contributed by atoms with E-state index in [0.29, 0.717) is 28.8 Å². The first kappa shape index (κ1) is 23.4. The third-order valence-corrected chi connectivity index (χ3v) is 7.54. The lowest BCUT2D eigenvalue weighted by Crippen LogP contribution is -2.49. The second kappa shape index (κ2) is 8.85. The zero-order valence-corrected chi connectivity index (χ0v) is 20.1. The maximum Gasteiger partial charge on any atom is 0.263 e. The van der Waals surface area contributed by atoms with Crippen LogP contribution in [-0.4, -0.2) is 45.2 Å². The van der Waals surface area contributed by atoms with Crippen molar-refractivity contribution in [1.29, 1.82) is 0 Å². The summed E-state index contributed by atoms with van der Waals surface area (Å²) in [5.74, 6) is -1.39. The van der Waals surface area contributed by atoms with Crippen LogP contribution in [-0.2, 0) is 4.79 Å². The summed E-state index contributed by atoms with van der Waals surface area (Å²) in [6.07, 6.45) is 4.43. The fraction of sp³-hybridized carbons (Fsp3) is 0.500. The van der Waals surface area contributed by atoms with Gasteiger partial charge in [0, 0.05) is 23.2 Å². The molecule has 0 radical (unpaired) electrons. The summed E-state index contributed by atoms with van der Waals surface area (Å²) in [5, 5.41) is 6.40. The Bertz CT molecular complexity index is 1090. The molecular weight excluding hydrogens is 443 g/mol. The molecule has 9 heteroatoms. The molecule has 176 valence electrons. The van der Waals surface area contributed by atoms with E-state index >= 15 is 0 Å². The van der Waals surface area contributed by atoms with E-state index in [2.05, 4.69) is 15.6 Å². The molecule has 1 aliphatic carbocycles. The van der Waals surface area contributed by atoms with Gasteiger partial charge in [-0.15, -0.1) is 11.3 Å². The van der Waals surface area contributed by atoms with Crippen molar-refractivity contribution in [1.82, 2.24) is 20.5 Å². The Labute approximate surface area is 196 Å². The van der Waals surface area contributed by atoms with Gasteiger partial charge in [0.1, 0.15) is 16.2 Å². The molecule has 2 N–H and O–H groups in total. The smallest absolute Gasteiger partial charge is 0.263 e. The Balaban J connectivity index is 1.42. The summed E-state index contributed by atoms with van der Waals surface area (Å²) in [5.41, 5.74) is -0.374. The first-order chi connectivity index (χ1) is 15.6. The molecule has 7 nitrogen and oxygen atoms in total. The topological polar surface area (TPSA) is 91.4 Å². The number of rotatable bonds is 6. The SMILES string of the molecule is Cc1ncc(C(=O)NC2(C(=O)N[C@H](C)c3ccc(C(=O)N4[C@H](C)CC[C@@H]4C)cc3F)CC2)s1. The van der Waals surface area contributed by atoms with E-state index in [9.17, 15) is 18.8 Å². The maximum atomic E-state index is 14.9. The quantitative estimate of drug-likeness (QED) is 0.670. The van der Waals surface area contributed by atoms with E-state index < -0.39 is 17.4 Å². The van der Waals surface area contributed by atoms with E-state index in [1.54, 1.807) is 19.1 Å². The van der Waals surface area contributed by atoms with E-state index in [1.165, 1.54) is 23.6 Å². The Hall–Kier alpha value is -2.81. The fourth-order valence-corrected chi connectivity index (χ4v) is 5.12. The van der Waals surface area contributed by atoms with Gasteiger partial charge < -0.3 is 15.5 Å². The average molecular weight is 473 g/mol. The average Bonchev–Trinajstić information content (AvgIpc) is 3.29. The first-order valence-electron chi connectivity index (χ1n) is 11.3. The van der Waals surface area contributed by atoms with Gasteiger partial charge in [-0.3, -0.25) is 14.4 Å². The van der Waals surface area contributed by atoms with E-state index in [0.717, 1.165) is 17.8 Å². The third-order valence-electron chi connectivity index (χ3n) is 6.63. The van der Waals surface area contributed by atoms with Gasteiger partial charge >= 0.3 is 0 Å². The summed E-state index contributed by atoms with van der Waals surface area (Å²) in [6, 6.07) is 4.06. The number of carbonyl (C=O) groups is 3. The molecule has 1 aliphatic heterocycles.